The summed E-state index contributed by atoms with van der Waals surface area (Å²) in [6.07, 6.45) is 9.19. The molecule has 0 heterocycles. The second kappa shape index (κ2) is 21.5. The van der Waals surface area contributed by atoms with E-state index >= 15 is 0 Å². The van der Waals surface area contributed by atoms with Gasteiger partial charge >= 0.3 is 0 Å². The van der Waals surface area contributed by atoms with Gasteiger partial charge in [-0.25, -0.2) is 11.7 Å². The zero-order valence-electron chi connectivity index (χ0n) is 22.5. The number of allylic oxidation sites excluding steroid dienone is 1. The highest BCUT2D eigenvalue weighted by atomic mass is 32.2. The topological polar surface area (TPSA) is 3.24 Å². The first-order valence-corrected chi connectivity index (χ1v) is 14.4. The standard InChI is InChI=1S/C16H31N.C9H11S2.C2H6.C2H4/c1-8-11-12-15(9-2)16(6,7)13-17(10-3)14(4)5;1-10-8-4-6-9(7-5-8)11(2)3;2*1-2/h10,15H,3-4,8-9,11-13H2,1-2,5-7H3;4-7H,2-3H2,1H3;1-2H3;1-2H2/q;-1;;. The van der Waals surface area contributed by atoms with E-state index in [-0.39, 0.29) is 10.1 Å². The fourth-order valence-corrected chi connectivity index (χ4v) is 4.22. The number of hydrogen-bond donors (Lipinski definition) is 0. The lowest BCUT2D eigenvalue weighted by atomic mass is 9.74. The molecule has 1 atom stereocenters. The fourth-order valence-electron chi connectivity index (χ4n) is 3.29. The molecule has 0 aliphatic heterocycles. The first-order valence-electron chi connectivity index (χ1n) is 11.6. The second-order valence-electron chi connectivity index (χ2n) is 7.95. The van der Waals surface area contributed by atoms with E-state index in [1.54, 1.807) is 11.8 Å². The van der Waals surface area contributed by atoms with Crippen LogP contribution in [0.3, 0.4) is 0 Å². The van der Waals surface area contributed by atoms with Gasteiger partial charge in [0, 0.05) is 17.1 Å². The molecule has 1 rings (SSSR count). The van der Waals surface area contributed by atoms with Crippen molar-refractivity contribution in [2.24, 2.45) is 11.3 Å². The summed E-state index contributed by atoms with van der Waals surface area (Å²) in [6.45, 7) is 30.3. The van der Waals surface area contributed by atoms with Crippen LogP contribution in [0.25, 0.3) is 0 Å². The molecule has 0 N–H and O–H groups in total. The zero-order valence-corrected chi connectivity index (χ0v) is 24.1. The van der Waals surface area contributed by atoms with Crippen molar-refractivity contribution in [3.63, 3.8) is 0 Å². The highest BCUT2D eigenvalue weighted by Crippen LogP contribution is 2.35. The van der Waals surface area contributed by atoms with Crippen molar-refractivity contribution in [1.82, 2.24) is 4.90 Å². The van der Waals surface area contributed by atoms with Gasteiger partial charge < -0.3 is 15.0 Å². The van der Waals surface area contributed by atoms with E-state index in [0.29, 0.717) is 5.41 Å². The summed E-state index contributed by atoms with van der Waals surface area (Å²) in [7, 11) is -0.0985. The highest BCUT2D eigenvalue weighted by Gasteiger charge is 2.29. The van der Waals surface area contributed by atoms with Crippen LogP contribution in [-0.2, 0) is 10.1 Å². The number of benzene rings is 1. The molecule has 0 aromatic heterocycles. The van der Waals surface area contributed by atoms with Crippen LogP contribution in [0.15, 0.2) is 72.3 Å². The van der Waals surface area contributed by atoms with Crippen molar-refractivity contribution in [3.8, 4) is 0 Å². The average molecular weight is 479 g/mol. The third kappa shape index (κ3) is 15.5. The quantitative estimate of drug-likeness (QED) is 0.135. The van der Waals surface area contributed by atoms with E-state index in [9.17, 15) is 0 Å². The zero-order chi connectivity index (χ0) is 25.7. The smallest absolute Gasteiger partial charge is 0.0275 e. The molecule has 3 heteroatoms. The molecule has 0 radical (unpaired) electrons. The molecule has 0 saturated heterocycles. The van der Waals surface area contributed by atoms with Crippen LogP contribution in [0.1, 0.15) is 74.1 Å². The Kier molecular flexibility index (Phi) is 23.7. The molecule has 0 bridgehead atoms. The van der Waals surface area contributed by atoms with E-state index in [4.69, 9.17) is 0 Å². The van der Waals surface area contributed by atoms with Gasteiger partial charge in [0.15, 0.2) is 0 Å². The van der Waals surface area contributed by atoms with Gasteiger partial charge in [-0.2, -0.15) is 0 Å². The average Bonchev–Trinajstić information content (AvgIpc) is 2.80. The molecule has 0 amide bonds. The minimum absolute atomic E-state index is 0.0985. The van der Waals surface area contributed by atoms with E-state index in [1.165, 1.54) is 35.5 Å². The molecule has 1 nitrogen and oxygen atoms in total. The maximum atomic E-state index is 4.01. The molecule has 0 fully saturated rings. The largest absolute Gasteiger partial charge is 0.457 e. The van der Waals surface area contributed by atoms with Gasteiger partial charge in [0.1, 0.15) is 0 Å². The molecule has 186 valence electrons. The minimum atomic E-state index is -0.0985. The third-order valence-corrected chi connectivity index (χ3v) is 6.87. The normalized spacial score (nSPS) is 10.9. The van der Waals surface area contributed by atoms with Gasteiger partial charge in [-0.15, -0.1) is 29.8 Å². The number of thioether (sulfide) groups is 1. The van der Waals surface area contributed by atoms with Gasteiger partial charge in [0.25, 0.3) is 0 Å². The monoisotopic (exact) mass is 478 g/mol. The molecular weight excluding hydrogens is 426 g/mol. The summed E-state index contributed by atoms with van der Waals surface area (Å²) in [6, 6.07) is 8.40. The van der Waals surface area contributed by atoms with Crippen molar-refractivity contribution >= 4 is 33.6 Å². The maximum Gasteiger partial charge on any atom is 0.0275 e. The Labute approximate surface area is 208 Å². The minimum Gasteiger partial charge on any atom is -0.457 e. The number of hydrogen-bond acceptors (Lipinski definition) is 3. The van der Waals surface area contributed by atoms with Crippen molar-refractivity contribution in [2.75, 3.05) is 12.8 Å². The highest BCUT2D eigenvalue weighted by molar-refractivity contribution is 7.98. The Balaban J connectivity index is -0.000000481. The Morgan fingerprint density at radius 1 is 1.12 bits per heavy atom. The van der Waals surface area contributed by atoms with Crippen LogP contribution in [0, 0.1) is 11.3 Å². The SMILES string of the molecule is C=C.C=CN(CC(C)(C)C(CC)CCCC)C(=C)C.C=[S-](=C)c1ccc(SC)cc1.CC. The summed E-state index contributed by atoms with van der Waals surface area (Å²) in [5.41, 5.74) is 1.40. The maximum absolute atomic E-state index is 4.01. The summed E-state index contributed by atoms with van der Waals surface area (Å²) >= 11 is 1.75. The lowest BCUT2D eigenvalue weighted by Gasteiger charge is -2.38. The first-order chi connectivity index (χ1) is 15.1. The van der Waals surface area contributed by atoms with Crippen molar-refractivity contribution in [1.29, 1.82) is 0 Å². The Morgan fingerprint density at radius 3 is 1.94 bits per heavy atom. The lowest BCUT2D eigenvalue weighted by molar-refractivity contribution is 0.149. The van der Waals surface area contributed by atoms with E-state index < -0.39 is 0 Å². The van der Waals surface area contributed by atoms with E-state index in [0.717, 1.165) is 18.2 Å². The lowest BCUT2D eigenvalue weighted by Crippen LogP contribution is -2.35. The molecule has 1 aromatic carbocycles. The van der Waals surface area contributed by atoms with Gasteiger partial charge in [-0.05, 0) is 37.1 Å². The Bertz CT molecular complexity index is 661. The predicted octanol–water partition coefficient (Wildman–Crippen LogP) is 9.29. The van der Waals surface area contributed by atoms with Gasteiger partial charge in [0.05, 0.1) is 0 Å². The molecule has 0 aliphatic rings. The summed E-state index contributed by atoms with van der Waals surface area (Å²) in [5.74, 6) is 8.53. The van der Waals surface area contributed by atoms with Crippen LogP contribution in [0.5, 0.6) is 0 Å². The summed E-state index contributed by atoms with van der Waals surface area (Å²) in [4.78, 5) is 4.69. The molecule has 1 aromatic rings. The molecule has 0 aliphatic carbocycles. The molecular formula is C29H52NS2-. The molecule has 0 saturated carbocycles. The first kappa shape index (κ1) is 35.3. The summed E-state index contributed by atoms with van der Waals surface area (Å²) in [5, 5.41) is 0. The second-order valence-corrected chi connectivity index (χ2v) is 10.3. The number of nitrogens with zero attached hydrogens (tertiary/aromatic N) is 1. The molecule has 0 spiro atoms. The van der Waals surface area contributed by atoms with Crippen molar-refractivity contribution in [2.45, 2.75) is 83.9 Å². The Morgan fingerprint density at radius 2 is 1.62 bits per heavy atom. The van der Waals surface area contributed by atoms with Crippen molar-refractivity contribution < 1.29 is 0 Å². The fraction of sp³-hybridized carbons (Fsp3) is 0.517. The van der Waals surface area contributed by atoms with Gasteiger partial charge in [-0.3, -0.25) is 0 Å². The number of unbranched alkanes of at least 4 members (excludes halogenated alkanes) is 1. The van der Waals surface area contributed by atoms with Gasteiger partial charge in [0.2, 0.25) is 0 Å². The van der Waals surface area contributed by atoms with Crippen LogP contribution in [-0.4, -0.2) is 29.4 Å². The third-order valence-electron chi connectivity index (χ3n) is 5.19. The molecule has 1 unspecified atom stereocenters. The van der Waals surface area contributed by atoms with E-state index in [2.05, 4.69) is 101 Å². The van der Waals surface area contributed by atoms with Crippen LogP contribution in [0.2, 0.25) is 0 Å². The number of rotatable bonds is 11. The van der Waals surface area contributed by atoms with E-state index in [1.807, 2.05) is 27.0 Å². The summed E-state index contributed by atoms with van der Waals surface area (Å²) < 4.78 is 0. The molecule has 32 heavy (non-hydrogen) atoms. The Hall–Kier alpha value is -1.32. The van der Waals surface area contributed by atoms with Crippen LogP contribution in [0.4, 0.5) is 0 Å². The van der Waals surface area contributed by atoms with Gasteiger partial charge in [-0.1, -0.05) is 98.2 Å². The van der Waals surface area contributed by atoms with Crippen LogP contribution >= 0.6 is 11.8 Å². The van der Waals surface area contributed by atoms with Crippen LogP contribution < -0.4 is 0 Å². The predicted molar refractivity (Wildman–Crippen MR) is 160 cm³/mol. The van der Waals surface area contributed by atoms with Crippen molar-refractivity contribution in [3.05, 3.63) is 62.5 Å².